The Hall–Kier alpha value is -2.30. The van der Waals surface area contributed by atoms with Gasteiger partial charge in [0, 0.05) is 11.1 Å². The minimum atomic E-state index is -0.259. The van der Waals surface area contributed by atoms with E-state index in [0.717, 1.165) is 24.1 Å². The number of aromatic nitrogens is 2. The smallest absolute Gasteiger partial charge is 0.315 e. The van der Waals surface area contributed by atoms with Crippen molar-refractivity contribution in [2.45, 2.75) is 59.0 Å². The van der Waals surface area contributed by atoms with Crippen LogP contribution in [0, 0.1) is 5.41 Å². The lowest BCUT2D eigenvalue weighted by atomic mass is 9.74. The van der Waals surface area contributed by atoms with E-state index in [4.69, 9.17) is 0 Å². The van der Waals surface area contributed by atoms with Crippen molar-refractivity contribution < 1.29 is 4.79 Å². The Balaban J connectivity index is 1.91. The van der Waals surface area contributed by atoms with E-state index >= 15 is 0 Å². The van der Waals surface area contributed by atoms with Crippen LogP contribution in [0.1, 0.15) is 58.3 Å². The number of carbonyl (C=O) groups excluding carboxylic acids is 1. The Kier molecular flexibility index (Phi) is 4.35. The molecule has 0 saturated heterocycles. The number of urea groups is 1. The van der Waals surface area contributed by atoms with Crippen molar-refractivity contribution in [3.8, 4) is 5.69 Å². The molecule has 0 radical (unpaired) electrons. The largest absolute Gasteiger partial charge is 0.334 e. The van der Waals surface area contributed by atoms with Gasteiger partial charge in [-0.1, -0.05) is 32.0 Å². The van der Waals surface area contributed by atoms with Gasteiger partial charge in [0.1, 0.15) is 0 Å². The first-order valence-electron chi connectivity index (χ1n) is 8.86. The summed E-state index contributed by atoms with van der Waals surface area (Å²) in [4.78, 5) is 12.4. The number of amides is 2. The number of nitrogens with one attached hydrogen (secondary N) is 2. The molecule has 0 saturated carbocycles. The first-order chi connectivity index (χ1) is 11.6. The van der Waals surface area contributed by atoms with Crippen molar-refractivity contribution in [2.75, 3.05) is 0 Å². The molecule has 5 heteroatoms. The molecule has 134 valence electrons. The maximum Gasteiger partial charge on any atom is 0.315 e. The lowest BCUT2D eigenvalue weighted by molar-refractivity contribution is 0.213. The Bertz CT molecular complexity index is 756. The molecule has 1 heterocycles. The fraction of sp³-hybridized carbons (Fsp3) is 0.500. The Labute approximate surface area is 149 Å². The highest BCUT2D eigenvalue weighted by molar-refractivity contribution is 5.75. The Morgan fingerprint density at radius 2 is 1.92 bits per heavy atom. The summed E-state index contributed by atoms with van der Waals surface area (Å²) in [6.07, 6.45) is 3.74. The van der Waals surface area contributed by atoms with Gasteiger partial charge in [0.2, 0.25) is 0 Å². The summed E-state index contributed by atoms with van der Waals surface area (Å²) in [7, 11) is 0. The van der Waals surface area contributed by atoms with Crippen LogP contribution >= 0.6 is 0 Å². The molecule has 0 bridgehead atoms. The zero-order chi connectivity index (χ0) is 18.2. The van der Waals surface area contributed by atoms with E-state index in [2.05, 4.69) is 41.7 Å². The fourth-order valence-corrected chi connectivity index (χ4v) is 3.50. The van der Waals surface area contributed by atoms with E-state index in [1.165, 1.54) is 5.69 Å². The minimum absolute atomic E-state index is 0.0291. The van der Waals surface area contributed by atoms with Gasteiger partial charge in [0.25, 0.3) is 0 Å². The summed E-state index contributed by atoms with van der Waals surface area (Å²) in [5.41, 5.74) is 3.19. The van der Waals surface area contributed by atoms with Crippen molar-refractivity contribution in [1.82, 2.24) is 20.4 Å². The average molecular weight is 340 g/mol. The Morgan fingerprint density at radius 1 is 1.24 bits per heavy atom. The van der Waals surface area contributed by atoms with Crippen molar-refractivity contribution in [3.63, 3.8) is 0 Å². The highest BCUT2D eigenvalue weighted by Crippen LogP contribution is 2.41. The maximum atomic E-state index is 12.4. The monoisotopic (exact) mass is 340 g/mol. The number of nitrogens with zero attached hydrogens (tertiary/aromatic N) is 2. The van der Waals surface area contributed by atoms with Gasteiger partial charge >= 0.3 is 6.03 Å². The van der Waals surface area contributed by atoms with Gasteiger partial charge in [0.15, 0.2) is 0 Å². The molecule has 5 nitrogen and oxygen atoms in total. The SMILES string of the molecule is CC1(C)Cc2c(cnn2-c2ccccc2)[C@H](NC(=O)NC(C)(C)C)C1. The summed E-state index contributed by atoms with van der Waals surface area (Å²) in [6.45, 7) is 10.4. The van der Waals surface area contributed by atoms with Crippen molar-refractivity contribution in [1.29, 1.82) is 0 Å². The number of carbonyl (C=O) groups is 1. The number of hydrogen-bond donors (Lipinski definition) is 2. The topological polar surface area (TPSA) is 59.0 Å². The summed E-state index contributed by atoms with van der Waals surface area (Å²) in [5, 5.41) is 10.7. The lowest BCUT2D eigenvalue weighted by Crippen LogP contribution is -2.48. The number of benzene rings is 1. The molecule has 3 rings (SSSR count). The number of fused-ring (bicyclic) bond motifs is 1. The third-order valence-electron chi connectivity index (χ3n) is 4.47. The van der Waals surface area contributed by atoms with Gasteiger partial charge in [-0.2, -0.15) is 5.10 Å². The van der Waals surface area contributed by atoms with Crippen LogP contribution in [-0.4, -0.2) is 21.4 Å². The van der Waals surface area contributed by atoms with Crippen LogP contribution in [0.25, 0.3) is 5.69 Å². The van der Waals surface area contributed by atoms with E-state index in [1.807, 2.05) is 49.8 Å². The van der Waals surface area contributed by atoms with Crippen LogP contribution in [0.5, 0.6) is 0 Å². The van der Waals surface area contributed by atoms with Crippen LogP contribution in [0.2, 0.25) is 0 Å². The van der Waals surface area contributed by atoms with E-state index in [1.54, 1.807) is 0 Å². The molecule has 1 atom stereocenters. The zero-order valence-electron chi connectivity index (χ0n) is 15.8. The van der Waals surface area contributed by atoms with Gasteiger partial charge in [-0.05, 0) is 51.2 Å². The third-order valence-corrected chi connectivity index (χ3v) is 4.47. The van der Waals surface area contributed by atoms with E-state index in [0.29, 0.717) is 0 Å². The number of rotatable bonds is 2. The highest BCUT2D eigenvalue weighted by atomic mass is 16.2. The molecular formula is C20H28N4O. The molecule has 0 aliphatic heterocycles. The number of para-hydroxylation sites is 1. The van der Waals surface area contributed by atoms with Crippen LogP contribution in [0.4, 0.5) is 4.79 Å². The van der Waals surface area contributed by atoms with Crippen molar-refractivity contribution >= 4 is 6.03 Å². The summed E-state index contributed by atoms with van der Waals surface area (Å²) < 4.78 is 2.01. The van der Waals surface area contributed by atoms with E-state index in [-0.39, 0.29) is 23.0 Å². The van der Waals surface area contributed by atoms with Crippen LogP contribution < -0.4 is 10.6 Å². The lowest BCUT2D eigenvalue weighted by Gasteiger charge is -2.36. The predicted octanol–water partition coefficient (Wildman–Crippen LogP) is 3.98. The first kappa shape index (κ1) is 17.5. The van der Waals surface area contributed by atoms with Gasteiger partial charge in [0.05, 0.1) is 23.6 Å². The van der Waals surface area contributed by atoms with Crippen LogP contribution in [-0.2, 0) is 6.42 Å². The standard InChI is InChI=1S/C20H28N4O/c1-19(2,3)23-18(25)22-16-11-20(4,5)12-17-15(16)13-21-24(17)14-9-7-6-8-10-14/h6-10,13,16H,11-12H2,1-5H3,(H2,22,23,25)/t16-/m1/s1. The van der Waals surface area contributed by atoms with E-state index in [9.17, 15) is 4.79 Å². The van der Waals surface area contributed by atoms with E-state index < -0.39 is 0 Å². The van der Waals surface area contributed by atoms with Crippen molar-refractivity contribution in [3.05, 3.63) is 47.8 Å². The van der Waals surface area contributed by atoms with Crippen molar-refractivity contribution in [2.24, 2.45) is 5.41 Å². The minimum Gasteiger partial charge on any atom is -0.334 e. The summed E-state index contributed by atoms with van der Waals surface area (Å²) >= 11 is 0. The quantitative estimate of drug-likeness (QED) is 0.868. The second-order valence-electron chi connectivity index (χ2n) is 8.74. The second-order valence-corrected chi connectivity index (χ2v) is 8.74. The molecule has 0 spiro atoms. The van der Waals surface area contributed by atoms with Gasteiger partial charge in [-0.3, -0.25) is 0 Å². The molecule has 2 amide bonds. The van der Waals surface area contributed by atoms with Crippen LogP contribution in [0.3, 0.4) is 0 Å². The summed E-state index contributed by atoms with van der Waals surface area (Å²) in [5.74, 6) is 0. The molecular weight excluding hydrogens is 312 g/mol. The molecule has 2 N–H and O–H groups in total. The molecule has 1 aliphatic rings. The second kappa shape index (κ2) is 6.21. The molecule has 1 aliphatic carbocycles. The summed E-state index contributed by atoms with van der Waals surface area (Å²) in [6, 6.07) is 10.00. The molecule has 2 aromatic rings. The average Bonchev–Trinajstić information content (AvgIpc) is 2.88. The normalized spacial score (nSPS) is 19.2. The predicted molar refractivity (Wildman–Crippen MR) is 99.8 cm³/mol. The van der Waals surface area contributed by atoms with Gasteiger partial charge < -0.3 is 10.6 Å². The molecule has 0 fully saturated rings. The van der Waals surface area contributed by atoms with Gasteiger partial charge in [-0.15, -0.1) is 0 Å². The maximum absolute atomic E-state index is 12.4. The highest BCUT2D eigenvalue weighted by Gasteiger charge is 2.36. The zero-order valence-corrected chi connectivity index (χ0v) is 15.8. The molecule has 1 aromatic heterocycles. The molecule has 0 unspecified atom stereocenters. The first-order valence-corrected chi connectivity index (χ1v) is 8.86. The Morgan fingerprint density at radius 3 is 2.56 bits per heavy atom. The van der Waals surface area contributed by atoms with Gasteiger partial charge in [-0.25, -0.2) is 9.48 Å². The number of hydrogen-bond acceptors (Lipinski definition) is 2. The molecule has 25 heavy (non-hydrogen) atoms. The third kappa shape index (κ3) is 4.03. The molecule has 1 aromatic carbocycles. The fourth-order valence-electron chi connectivity index (χ4n) is 3.50. The van der Waals surface area contributed by atoms with Crippen LogP contribution in [0.15, 0.2) is 36.5 Å².